The van der Waals surface area contributed by atoms with Gasteiger partial charge in [-0.15, -0.1) is 0 Å². The summed E-state index contributed by atoms with van der Waals surface area (Å²) in [5.74, 6) is 0. The molecule has 0 aromatic heterocycles. The molecule has 0 fully saturated rings. The van der Waals surface area contributed by atoms with Gasteiger partial charge in [-0.05, 0) is 0 Å². The van der Waals surface area contributed by atoms with Gasteiger partial charge in [0.2, 0.25) is 0 Å². The molecule has 0 saturated carbocycles. The van der Waals surface area contributed by atoms with Gasteiger partial charge in [0.15, 0.2) is 0 Å². The zero-order valence-electron chi connectivity index (χ0n) is 6.46. The quantitative estimate of drug-likeness (QED) is 0.318. The molecule has 0 bridgehead atoms. The van der Waals surface area contributed by atoms with E-state index in [1.54, 1.807) is 0 Å². The average Bonchev–Trinajstić information content (AvgIpc) is 2.12. The fourth-order valence-corrected chi connectivity index (χ4v) is 1.01. The monoisotopic (exact) mass is 376 g/mol. The van der Waals surface area contributed by atoms with Crippen LogP contribution in [-0.2, 0) is 25.9 Å². The number of hydrogen-bond donors (Lipinski definition) is 5. The van der Waals surface area contributed by atoms with E-state index in [1.165, 1.54) is 21.1 Å². The maximum absolute atomic E-state index is 10.5. The topological polar surface area (TPSA) is 118 Å². The van der Waals surface area contributed by atoms with Gasteiger partial charge in [0.1, 0.15) is 0 Å². The number of hydrogen-bond acceptors (Lipinski definition) is 6. The molecule has 0 heterocycles. The van der Waals surface area contributed by atoms with Gasteiger partial charge < -0.3 is 0 Å². The molecular weight excluding hydrogens is 365 g/mol. The van der Waals surface area contributed by atoms with E-state index in [4.69, 9.17) is 25.5 Å². The van der Waals surface area contributed by atoms with Crippen molar-refractivity contribution < 1.29 is 51.4 Å². The fourth-order valence-electron chi connectivity index (χ4n) is 0.644. The molecule has 0 rings (SSSR count). The van der Waals surface area contributed by atoms with Crippen LogP contribution in [0.3, 0.4) is 0 Å². The molecule has 5 N–H and O–H groups in total. The van der Waals surface area contributed by atoms with Crippen LogP contribution in [0.25, 0.3) is 0 Å². The normalized spacial score (nSPS) is 20.5. The summed E-state index contributed by atoms with van der Waals surface area (Å²) in [4.78, 5) is 10.5. The zero-order chi connectivity index (χ0) is 10.6. The van der Waals surface area contributed by atoms with E-state index in [1.807, 2.05) is 0 Å². The molecule has 13 heavy (non-hydrogen) atoms. The number of carbonyl (C=O) groups is 1. The van der Waals surface area contributed by atoms with Gasteiger partial charge in [-0.3, -0.25) is 0 Å². The number of carbonyl (C=O) groups excluding carboxylic acids is 1. The van der Waals surface area contributed by atoms with Crippen LogP contribution in [0.1, 0.15) is 0 Å². The molecule has 4 atom stereocenters. The third-order valence-corrected chi connectivity index (χ3v) is 2.11. The van der Waals surface area contributed by atoms with Gasteiger partial charge >= 0.3 is 86.4 Å². The van der Waals surface area contributed by atoms with Crippen LogP contribution >= 0.6 is 0 Å². The van der Waals surface area contributed by atoms with E-state index in [-0.39, 0.29) is 0 Å². The van der Waals surface area contributed by atoms with Crippen LogP contribution in [0, 0.1) is 0 Å². The van der Waals surface area contributed by atoms with Crippen LogP contribution in [0.15, 0.2) is 0 Å². The molecule has 0 spiro atoms. The Morgan fingerprint density at radius 1 is 1.15 bits per heavy atom. The Balaban J connectivity index is 4.24. The van der Waals surface area contributed by atoms with Crippen molar-refractivity contribution >= 4 is 4.00 Å². The van der Waals surface area contributed by atoms with Crippen molar-refractivity contribution in [2.75, 3.05) is 6.61 Å². The predicted octanol–water partition coefficient (Wildman–Crippen LogP) is -3.50. The zero-order valence-corrected chi connectivity index (χ0v) is 8.63. The van der Waals surface area contributed by atoms with Crippen LogP contribution in [0.5, 0.6) is 0 Å². The van der Waals surface area contributed by atoms with Gasteiger partial charge in [0.25, 0.3) is 0 Å². The second-order valence-electron chi connectivity index (χ2n) is 2.44. The Kier molecular flexibility index (Phi) is 5.93. The van der Waals surface area contributed by atoms with Gasteiger partial charge in [-0.2, -0.15) is 0 Å². The molecule has 0 aliphatic rings. The summed E-state index contributed by atoms with van der Waals surface area (Å²) in [6, 6.07) is 0. The van der Waals surface area contributed by atoms with Crippen molar-refractivity contribution in [3.63, 3.8) is 0 Å². The maximum atomic E-state index is 10.5. The van der Waals surface area contributed by atoms with E-state index in [0.717, 1.165) is 0 Å². The summed E-state index contributed by atoms with van der Waals surface area (Å²) in [6.07, 6.45) is -6.93. The standard InChI is InChI=1S/C6H11O6.Au/c7-1-3(9)5(11)6(12)4(10)2-8;/h3-7,9-12H,1H2;/t3-,4-,5-,6-;/m1./s1. The molecule has 7 heteroatoms. The summed E-state index contributed by atoms with van der Waals surface area (Å²) in [6.45, 7) is -0.766. The van der Waals surface area contributed by atoms with Crippen molar-refractivity contribution in [2.45, 2.75) is 24.4 Å². The Bertz CT molecular complexity index is 175. The van der Waals surface area contributed by atoms with Gasteiger partial charge in [0.05, 0.1) is 0 Å². The predicted molar refractivity (Wildman–Crippen MR) is 36.1 cm³/mol. The summed E-state index contributed by atoms with van der Waals surface area (Å²) < 4.78 is -0.781. The molecule has 0 aliphatic carbocycles. The molecule has 0 aromatic carbocycles. The molecule has 82 valence electrons. The molecule has 0 saturated heterocycles. The van der Waals surface area contributed by atoms with Crippen LogP contribution < -0.4 is 0 Å². The van der Waals surface area contributed by atoms with Crippen molar-refractivity contribution in [2.24, 2.45) is 0 Å². The molecule has 0 unspecified atom stereocenters. The Labute approximate surface area is 86.7 Å². The van der Waals surface area contributed by atoms with E-state index >= 15 is 0 Å². The molecule has 0 radical (unpaired) electrons. The van der Waals surface area contributed by atoms with Gasteiger partial charge in [-0.25, -0.2) is 0 Å². The summed E-state index contributed by atoms with van der Waals surface area (Å²) in [5.41, 5.74) is 0. The summed E-state index contributed by atoms with van der Waals surface area (Å²) >= 11 is 1.43. The SMILES string of the molecule is O=[C]([Au])[C@@H](O)[C@@H](O)[C@H](O)[C@H](O)CO. The molecule has 6 nitrogen and oxygen atoms in total. The van der Waals surface area contributed by atoms with E-state index in [0.29, 0.717) is 0 Å². The first-order valence-electron chi connectivity index (χ1n) is 3.40. The minimum atomic E-state index is -1.81. The van der Waals surface area contributed by atoms with Crippen molar-refractivity contribution in [3.8, 4) is 0 Å². The molecular formula is C6H11AuO6. The number of rotatable bonds is 5. The Hall–Kier alpha value is 0.210. The van der Waals surface area contributed by atoms with Gasteiger partial charge in [-0.1, -0.05) is 0 Å². The fraction of sp³-hybridized carbons (Fsp3) is 0.833. The number of aliphatic hydroxyl groups is 5. The third-order valence-electron chi connectivity index (χ3n) is 1.46. The first kappa shape index (κ1) is 13.2. The third kappa shape index (κ3) is 3.84. The molecule has 0 aliphatic heterocycles. The average molecular weight is 376 g/mol. The summed E-state index contributed by atoms with van der Waals surface area (Å²) in [5, 5.41) is 44.3. The molecule has 0 amide bonds. The Morgan fingerprint density at radius 3 is 1.92 bits per heavy atom. The first-order valence-corrected chi connectivity index (χ1v) is 4.48. The van der Waals surface area contributed by atoms with E-state index in [2.05, 4.69) is 0 Å². The van der Waals surface area contributed by atoms with Crippen molar-refractivity contribution in [1.29, 1.82) is 0 Å². The van der Waals surface area contributed by atoms with Crippen LogP contribution in [0.2, 0.25) is 0 Å². The molecule has 0 aromatic rings. The number of aliphatic hydroxyl groups excluding tert-OH is 5. The summed E-state index contributed by atoms with van der Waals surface area (Å²) in [7, 11) is 0. The van der Waals surface area contributed by atoms with Gasteiger partial charge in [0, 0.05) is 0 Å². The first-order chi connectivity index (χ1) is 5.91. The van der Waals surface area contributed by atoms with E-state index < -0.39 is 35.0 Å². The van der Waals surface area contributed by atoms with Crippen molar-refractivity contribution in [3.05, 3.63) is 0 Å². The minimum absolute atomic E-state index is 0.766. The van der Waals surface area contributed by atoms with Crippen molar-refractivity contribution in [1.82, 2.24) is 0 Å². The second-order valence-corrected chi connectivity index (χ2v) is 3.51. The van der Waals surface area contributed by atoms with Crippen LogP contribution in [-0.4, -0.2) is 60.6 Å². The second kappa shape index (κ2) is 5.84. The van der Waals surface area contributed by atoms with E-state index in [9.17, 15) is 4.79 Å². The van der Waals surface area contributed by atoms with Crippen LogP contribution in [0.4, 0.5) is 0 Å². The Morgan fingerprint density at radius 2 is 1.62 bits per heavy atom.